The van der Waals surface area contributed by atoms with Gasteiger partial charge in [0.25, 0.3) is 0 Å². The number of carboxylic acid groups (broad SMARTS) is 1. The number of hydrogen-bond donors (Lipinski definition) is 1. The highest BCUT2D eigenvalue weighted by Gasteiger charge is 2.31. The second-order valence-electron chi connectivity index (χ2n) is 6.52. The Balaban J connectivity index is 1.89. The number of carboxylic acids is 1. The van der Waals surface area contributed by atoms with Crippen LogP contribution in [-0.2, 0) is 4.79 Å². The lowest BCUT2D eigenvalue weighted by atomic mass is 9.79. The Morgan fingerprint density at radius 3 is 2.68 bits per heavy atom. The SMILES string of the molecule is CC1CCC(C)C(N2CCCN(CC(=O)O)CC2)C1. The summed E-state index contributed by atoms with van der Waals surface area (Å²) < 4.78 is 0. The normalized spacial score (nSPS) is 34.9. The number of rotatable bonds is 3. The summed E-state index contributed by atoms with van der Waals surface area (Å²) in [5.74, 6) is 0.940. The van der Waals surface area contributed by atoms with E-state index < -0.39 is 5.97 Å². The topological polar surface area (TPSA) is 43.8 Å². The Hall–Kier alpha value is -0.610. The molecule has 1 aliphatic heterocycles. The summed E-state index contributed by atoms with van der Waals surface area (Å²) in [7, 11) is 0. The maximum Gasteiger partial charge on any atom is 0.317 e. The molecule has 0 aromatic heterocycles. The highest BCUT2D eigenvalue weighted by Crippen LogP contribution is 2.32. The van der Waals surface area contributed by atoms with E-state index in [1.807, 2.05) is 0 Å². The van der Waals surface area contributed by atoms with Gasteiger partial charge in [-0.3, -0.25) is 14.6 Å². The van der Waals surface area contributed by atoms with Crippen molar-refractivity contribution in [3.05, 3.63) is 0 Å². The summed E-state index contributed by atoms with van der Waals surface area (Å²) >= 11 is 0. The number of nitrogens with zero attached hydrogens (tertiary/aromatic N) is 2. The predicted octanol–water partition coefficient (Wildman–Crippen LogP) is 1.90. The molecule has 2 aliphatic rings. The fourth-order valence-corrected chi connectivity index (χ4v) is 3.68. The fraction of sp³-hybridized carbons (Fsp3) is 0.933. The molecule has 3 atom stereocenters. The molecular weight excluding hydrogens is 240 g/mol. The molecule has 0 radical (unpaired) electrons. The fourth-order valence-electron chi connectivity index (χ4n) is 3.68. The van der Waals surface area contributed by atoms with Gasteiger partial charge in [-0.1, -0.05) is 20.3 Å². The minimum Gasteiger partial charge on any atom is -0.480 e. The average molecular weight is 268 g/mol. The summed E-state index contributed by atoms with van der Waals surface area (Å²) in [5.41, 5.74) is 0. The van der Waals surface area contributed by atoms with E-state index in [4.69, 9.17) is 5.11 Å². The van der Waals surface area contributed by atoms with Crippen molar-refractivity contribution in [2.45, 2.75) is 45.6 Å². The number of hydrogen-bond acceptors (Lipinski definition) is 3. The molecule has 0 spiro atoms. The van der Waals surface area contributed by atoms with Crippen LogP contribution in [0, 0.1) is 11.8 Å². The van der Waals surface area contributed by atoms with E-state index in [1.54, 1.807) is 0 Å². The highest BCUT2D eigenvalue weighted by atomic mass is 16.4. The van der Waals surface area contributed by atoms with Crippen molar-refractivity contribution in [3.8, 4) is 0 Å². The van der Waals surface area contributed by atoms with Crippen LogP contribution in [0.3, 0.4) is 0 Å². The molecule has 1 saturated carbocycles. The van der Waals surface area contributed by atoms with Crippen molar-refractivity contribution in [2.75, 3.05) is 32.7 Å². The number of aliphatic carboxylic acids is 1. The van der Waals surface area contributed by atoms with Crippen molar-refractivity contribution in [2.24, 2.45) is 11.8 Å². The standard InChI is InChI=1S/C15H28N2O2/c1-12-4-5-13(2)14(10-12)17-7-3-6-16(8-9-17)11-15(18)19/h12-14H,3-11H2,1-2H3,(H,18,19). The van der Waals surface area contributed by atoms with Crippen molar-refractivity contribution in [3.63, 3.8) is 0 Å². The third-order valence-electron chi connectivity index (χ3n) is 4.87. The molecule has 110 valence electrons. The van der Waals surface area contributed by atoms with Crippen LogP contribution < -0.4 is 0 Å². The van der Waals surface area contributed by atoms with Crippen LogP contribution in [0.1, 0.15) is 39.5 Å². The molecule has 1 heterocycles. The minimum absolute atomic E-state index is 0.199. The van der Waals surface area contributed by atoms with Gasteiger partial charge < -0.3 is 5.11 Å². The smallest absolute Gasteiger partial charge is 0.317 e. The van der Waals surface area contributed by atoms with Crippen LogP contribution in [0.4, 0.5) is 0 Å². The quantitative estimate of drug-likeness (QED) is 0.849. The Bertz CT molecular complexity index is 309. The second-order valence-corrected chi connectivity index (χ2v) is 6.52. The minimum atomic E-state index is -0.701. The van der Waals surface area contributed by atoms with Crippen LogP contribution in [0.15, 0.2) is 0 Å². The van der Waals surface area contributed by atoms with Gasteiger partial charge in [0.2, 0.25) is 0 Å². The van der Waals surface area contributed by atoms with E-state index in [9.17, 15) is 4.79 Å². The molecule has 1 aliphatic carbocycles. The van der Waals surface area contributed by atoms with Gasteiger partial charge in [0.05, 0.1) is 6.54 Å². The third kappa shape index (κ3) is 4.18. The predicted molar refractivity (Wildman–Crippen MR) is 76.2 cm³/mol. The van der Waals surface area contributed by atoms with E-state index in [0.717, 1.165) is 44.4 Å². The van der Waals surface area contributed by atoms with E-state index >= 15 is 0 Å². The molecule has 0 amide bonds. The molecule has 2 fully saturated rings. The van der Waals surface area contributed by atoms with Crippen LogP contribution >= 0.6 is 0 Å². The maximum absolute atomic E-state index is 10.8. The third-order valence-corrected chi connectivity index (χ3v) is 4.87. The molecule has 19 heavy (non-hydrogen) atoms. The maximum atomic E-state index is 10.8. The average Bonchev–Trinajstić information content (AvgIpc) is 2.57. The van der Waals surface area contributed by atoms with Crippen LogP contribution in [0.2, 0.25) is 0 Å². The zero-order chi connectivity index (χ0) is 13.8. The van der Waals surface area contributed by atoms with Crippen LogP contribution in [0.5, 0.6) is 0 Å². The van der Waals surface area contributed by atoms with Crippen molar-refractivity contribution in [1.82, 2.24) is 9.80 Å². The Morgan fingerprint density at radius 2 is 1.95 bits per heavy atom. The molecule has 1 N–H and O–H groups in total. The van der Waals surface area contributed by atoms with Crippen molar-refractivity contribution < 1.29 is 9.90 Å². The van der Waals surface area contributed by atoms with E-state index in [-0.39, 0.29) is 6.54 Å². The first-order chi connectivity index (χ1) is 9.06. The van der Waals surface area contributed by atoms with E-state index in [2.05, 4.69) is 23.6 Å². The first-order valence-electron chi connectivity index (χ1n) is 7.74. The molecule has 0 aromatic rings. The summed E-state index contributed by atoms with van der Waals surface area (Å²) in [4.78, 5) is 15.5. The van der Waals surface area contributed by atoms with Gasteiger partial charge in [-0.25, -0.2) is 0 Å². The monoisotopic (exact) mass is 268 g/mol. The lowest BCUT2D eigenvalue weighted by Gasteiger charge is -2.40. The van der Waals surface area contributed by atoms with Crippen molar-refractivity contribution in [1.29, 1.82) is 0 Å². The largest absolute Gasteiger partial charge is 0.480 e. The summed E-state index contributed by atoms with van der Waals surface area (Å²) in [6.07, 6.45) is 5.14. The molecule has 4 heteroatoms. The summed E-state index contributed by atoms with van der Waals surface area (Å²) in [6.45, 7) is 8.96. The van der Waals surface area contributed by atoms with E-state index in [0.29, 0.717) is 6.04 Å². The van der Waals surface area contributed by atoms with Gasteiger partial charge >= 0.3 is 5.97 Å². The lowest BCUT2D eigenvalue weighted by Crippen LogP contribution is -2.45. The summed E-state index contributed by atoms with van der Waals surface area (Å²) in [5, 5.41) is 8.89. The second kappa shape index (κ2) is 6.71. The molecule has 1 saturated heterocycles. The molecule has 2 rings (SSSR count). The number of carbonyl (C=O) groups is 1. The zero-order valence-electron chi connectivity index (χ0n) is 12.3. The van der Waals surface area contributed by atoms with Crippen LogP contribution in [0.25, 0.3) is 0 Å². The van der Waals surface area contributed by atoms with Gasteiger partial charge in [0.15, 0.2) is 0 Å². The molecule has 0 aromatic carbocycles. The molecular formula is C15H28N2O2. The molecule has 0 bridgehead atoms. The first-order valence-corrected chi connectivity index (χ1v) is 7.74. The van der Waals surface area contributed by atoms with Gasteiger partial charge in [-0.05, 0) is 37.6 Å². The van der Waals surface area contributed by atoms with E-state index in [1.165, 1.54) is 19.3 Å². The Kier molecular flexibility index (Phi) is 5.22. The first kappa shape index (κ1) is 14.8. The Morgan fingerprint density at radius 1 is 1.16 bits per heavy atom. The molecule has 4 nitrogen and oxygen atoms in total. The van der Waals surface area contributed by atoms with Gasteiger partial charge in [-0.15, -0.1) is 0 Å². The highest BCUT2D eigenvalue weighted by molar-refractivity contribution is 5.69. The lowest BCUT2D eigenvalue weighted by molar-refractivity contribution is -0.138. The van der Waals surface area contributed by atoms with Gasteiger partial charge in [-0.2, -0.15) is 0 Å². The van der Waals surface area contributed by atoms with Gasteiger partial charge in [0, 0.05) is 25.7 Å². The Labute approximate surface area is 116 Å². The van der Waals surface area contributed by atoms with Crippen molar-refractivity contribution >= 4 is 5.97 Å². The van der Waals surface area contributed by atoms with Crippen LogP contribution in [-0.4, -0.2) is 59.6 Å². The summed E-state index contributed by atoms with van der Waals surface area (Å²) in [6, 6.07) is 0.716. The van der Waals surface area contributed by atoms with Gasteiger partial charge in [0.1, 0.15) is 0 Å². The molecule has 3 unspecified atom stereocenters. The zero-order valence-corrected chi connectivity index (χ0v) is 12.3.